The molecule has 2 amide bonds. The molecule has 4 unspecified atom stereocenters. The largest absolute Gasteiger partial charge is 0.481 e. The van der Waals surface area contributed by atoms with Crippen molar-refractivity contribution in [2.75, 3.05) is 7.05 Å². The highest BCUT2D eigenvalue weighted by Crippen LogP contribution is 2.30. The highest BCUT2D eigenvalue weighted by Gasteiger charge is 2.31. The molecule has 4 atom stereocenters. The third-order valence-electron chi connectivity index (χ3n) is 7.20. The van der Waals surface area contributed by atoms with Crippen LogP contribution in [-0.4, -0.2) is 65.7 Å². The summed E-state index contributed by atoms with van der Waals surface area (Å²) in [4.78, 5) is 55.8. The van der Waals surface area contributed by atoms with Gasteiger partial charge in [-0.3, -0.25) is 19.2 Å². The highest BCUT2D eigenvalue weighted by atomic mass is 32.1. The van der Waals surface area contributed by atoms with Crippen molar-refractivity contribution in [1.29, 1.82) is 0 Å². The first-order valence-electron chi connectivity index (χ1n) is 14.3. The van der Waals surface area contributed by atoms with E-state index in [1.807, 2.05) is 52.9 Å². The van der Waals surface area contributed by atoms with Crippen molar-refractivity contribution >= 4 is 48.4 Å². The van der Waals surface area contributed by atoms with Gasteiger partial charge in [0.15, 0.2) is 6.10 Å². The first-order valence-corrected chi connectivity index (χ1v) is 15.2. The van der Waals surface area contributed by atoms with Crippen LogP contribution in [0.15, 0.2) is 29.6 Å². The molecular formula is C30H44BN3O6S. The second-order valence-electron chi connectivity index (χ2n) is 11.2. The normalized spacial score (nSPS) is 14.1. The lowest BCUT2D eigenvalue weighted by Gasteiger charge is -2.33. The van der Waals surface area contributed by atoms with E-state index in [4.69, 9.17) is 4.74 Å². The molecule has 0 saturated carbocycles. The zero-order valence-electron chi connectivity index (χ0n) is 25.3. The molecule has 11 heteroatoms. The van der Waals surface area contributed by atoms with E-state index in [2.05, 4.69) is 10.3 Å². The van der Waals surface area contributed by atoms with Crippen LogP contribution >= 0.6 is 11.3 Å². The van der Waals surface area contributed by atoms with Crippen molar-refractivity contribution < 1.29 is 29.0 Å². The summed E-state index contributed by atoms with van der Waals surface area (Å²) < 4.78 is 5.64. The number of unbranched alkanes of at least 4 members (excludes halogenated alkanes) is 1. The van der Waals surface area contributed by atoms with Crippen LogP contribution in [0.3, 0.4) is 0 Å². The van der Waals surface area contributed by atoms with Crippen LogP contribution in [0.1, 0.15) is 93.9 Å². The summed E-state index contributed by atoms with van der Waals surface area (Å²) in [6.07, 6.45) is 2.56. The zero-order valence-corrected chi connectivity index (χ0v) is 26.1. The maximum atomic E-state index is 13.3. The van der Waals surface area contributed by atoms with Crippen molar-refractivity contribution in [3.63, 3.8) is 0 Å². The standard InChI is InChI=1S/C30H44BN3O6S/c1-7-8-9-27(36)34(6)25(18(2)3)16-26(40-20(5)35)29-33-24(17-41-29)28(37)32-23(14-19(4)30(38)39)15-21-10-12-22(31)13-11-21/h10-13,17-19,23,25-26H,7-9,14-16,31H2,1-6H3,(H,32,37)(H,38,39). The van der Waals surface area contributed by atoms with Gasteiger partial charge >= 0.3 is 11.9 Å². The van der Waals surface area contributed by atoms with Gasteiger partial charge < -0.3 is 20.1 Å². The molecule has 9 nitrogen and oxygen atoms in total. The molecule has 0 aliphatic carbocycles. The predicted molar refractivity (Wildman–Crippen MR) is 163 cm³/mol. The number of nitrogens with one attached hydrogen (secondary N) is 1. The molecule has 2 aromatic rings. The summed E-state index contributed by atoms with van der Waals surface area (Å²) in [5.74, 6) is -2.32. The Kier molecular flexibility index (Phi) is 13.5. The maximum Gasteiger partial charge on any atom is 0.306 e. The van der Waals surface area contributed by atoms with Crippen LogP contribution < -0.4 is 10.8 Å². The number of amides is 2. The van der Waals surface area contributed by atoms with E-state index >= 15 is 0 Å². The molecule has 0 aliphatic heterocycles. The fourth-order valence-corrected chi connectivity index (χ4v) is 5.55. The average Bonchev–Trinajstić information content (AvgIpc) is 3.40. The van der Waals surface area contributed by atoms with Crippen LogP contribution in [0.25, 0.3) is 0 Å². The Morgan fingerprint density at radius 2 is 1.78 bits per heavy atom. The molecule has 224 valence electrons. The summed E-state index contributed by atoms with van der Waals surface area (Å²) in [5, 5.41) is 14.5. The lowest BCUT2D eigenvalue weighted by atomic mass is 9.92. The van der Waals surface area contributed by atoms with Gasteiger partial charge in [0.2, 0.25) is 5.91 Å². The highest BCUT2D eigenvalue weighted by molar-refractivity contribution is 7.09. The molecule has 0 bridgehead atoms. The Balaban J connectivity index is 2.24. The number of carbonyl (C=O) groups excluding carboxylic acids is 3. The minimum absolute atomic E-state index is 0.0431. The number of carbonyl (C=O) groups is 4. The van der Waals surface area contributed by atoms with Crippen LogP contribution in [-0.2, 0) is 25.5 Å². The van der Waals surface area contributed by atoms with Gasteiger partial charge in [0, 0.05) is 44.3 Å². The van der Waals surface area contributed by atoms with Gasteiger partial charge in [-0.05, 0) is 30.7 Å². The summed E-state index contributed by atoms with van der Waals surface area (Å²) in [7, 11) is 3.77. The smallest absolute Gasteiger partial charge is 0.306 e. The van der Waals surface area contributed by atoms with Gasteiger partial charge in [-0.25, -0.2) is 4.98 Å². The SMILES string of the molecule is Bc1ccc(CC(CC(C)C(=O)O)NC(=O)c2csc(C(CC(C(C)C)N(C)C(=O)CCCC)OC(C)=O)n2)cc1. The number of esters is 1. The zero-order chi connectivity index (χ0) is 30.7. The molecule has 1 heterocycles. The van der Waals surface area contributed by atoms with Crippen molar-refractivity contribution in [1.82, 2.24) is 15.2 Å². The molecule has 1 aromatic carbocycles. The number of benzene rings is 1. The minimum Gasteiger partial charge on any atom is -0.481 e. The summed E-state index contributed by atoms with van der Waals surface area (Å²) >= 11 is 1.22. The number of thiazole rings is 1. The molecular weight excluding hydrogens is 541 g/mol. The minimum atomic E-state index is -0.925. The molecule has 0 fully saturated rings. The van der Waals surface area contributed by atoms with Gasteiger partial charge in [-0.2, -0.15) is 0 Å². The van der Waals surface area contributed by atoms with E-state index in [1.54, 1.807) is 24.3 Å². The van der Waals surface area contributed by atoms with Gasteiger partial charge in [0.1, 0.15) is 18.5 Å². The Bertz CT molecular complexity index is 1170. The molecule has 0 saturated heterocycles. The monoisotopic (exact) mass is 585 g/mol. The molecule has 2 N–H and O–H groups in total. The van der Waals surface area contributed by atoms with E-state index in [0.717, 1.165) is 23.9 Å². The number of rotatable bonds is 16. The second-order valence-corrected chi connectivity index (χ2v) is 12.0. The molecule has 0 aliphatic rings. The number of hydrogen-bond acceptors (Lipinski definition) is 7. The number of hydrogen-bond donors (Lipinski definition) is 2. The second kappa shape index (κ2) is 16.3. The van der Waals surface area contributed by atoms with E-state index in [-0.39, 0.29) is 30.0 Å². The summed E-state index contributed by atoms with van der Waals surface area (Å²) in [6, 6.07) is 7.30. The fourth-order valence-electron chi connectivity index (χ4n) is 4.71. The first-order chi connectivity index (χ1) is 19.3. The quantitative estimate of drug-likeness (QED) is 0.228. The number of nitrogens with zero attached hydrogens (tertiary/aromatic N) is 2. The lowest BCUT2D eigenvalue weighted by molar-refractivity contribution is -0.148. The average molecular weight is 586 g/mol. The van der Waals surface area contributed by atoms with E-state index in [1.165, 1.54) is 18.3 Å². The predicted octanol–water partition coefficient (Wildman–Crippen LogP) is 3.52. The Morgan fingerprint density at radius 1 is 1.12 bits per heavy atom. The Hall–Kier alpha value is -3.21. The van der Waals surface area contributed by atoms with Crippen LogP contribution in [0.5, 0.6) is 0 Å². The van der Waals surface area contributed by atoms with Gasteiger partial charge in [-0.15, -0.1) is 11.3 Å². The molecule has 0 radical (unpaired) electrons. The number of carboxylic acids is 1. The Labute approximate surface area is 248 Å². The number of aliphatic carboxylic acids is 1. The van der Waals surface area contributed by atoms with E-state index in [9.17, 15) is 24.3 Å². The molecule has 41 heavy (non-hydrogen) atoms. The van der Waals surface area contributed by atoms with Crippen molar-refractivity contribution in [3.8, 4) is 0 Å². The number of carboxylic acid groups (broad SMARTS) is 1. The first kappa shape index (κ1) is 34.0. The van der Waals surface area contributed by atoms with Gasteiger partial charge in [0.25, 0.3) is 5.91 Å². The molecule has 0 spiro atoms. The van der Waals surface area contributed by atoms with Crippen LogP contribution in [0.4, 0.5) is 0 Å². The van der Waals surface area contributed by atoms with E-state index in [0.29, 0.717) is 24.3 Å². The van der Waals surface area contributed by atoms with Crippen molar-refractivity contribution in [2.24, 2.45) is 11.8 Å². The molecule has 1 aromatic heterocycles. The van der Waals surface area contributed by atoms with Gasteiger partial charge in [0.05, 0.1) is 5.92 Å². The lowest BCUT2D eigenvalue weighted by Crippen LogP contribution is -2.41. The maximum absolute atomic E-state index is 13.3. The third-order valence-corrected chi connectivity index (χ3v) is 8.13. The fraction of sp³-hybridized carbons (Fsp3) is 0.567. The number of aromatic nitrogens is 1. The number of ether oxygens (including phenoxy) is 1. The third kappa shape index (κ3) is 10.9. The van der Waals surface area contributed by atoms with Crippen molar-refractivity contribution in [2.45, 2.75) is 91.3 Å². The summed E-state index contributed by atoms with van der Waals surface area (Å²) in [5.41, 5.74) is 2.28. The van der Waals surface area contributed by atoms with Crippen LogP contribution in [0, 0.1) is 11.8 Å². The van der Waals surface area contributed by atoms with E-state index < -0.39 is 35.9 Å². The Morgan fingerprint density at radius 3 is 2.34 bits per heavy atom. The summed E-state index contributed by atoms with van der Waals surface area (Å²) in [6.45, 7) is 9.03. The topological polar surface area (TPSA) is 126 Å². The van der Waals surface area contributed by atoms with Crippen molar-refractivity contribution in [3.05, 3.63) is 45.9 Å². The van der Waals surface area contributed by atoms with Gasteiger partial charge in [-0.1, -0.05) is 63.8 Å². The molecule has 2 rings (SSSR count). The van der Waals surface area contributed by atoms with Crippen LogP contribution in [0.2, 0.25) is 0 Å².